The van der Waals surface area contributed by atoms with Crippen LogP contribution in [0.4, 0.5) is 16.2 Å². The molecule has 0 bridgehead atoms. The number of carbonyl (C=O) groups excluding carboxylic acids is 1. The number of hydrogen-bond donors (Lipinski definition) is 1. The lowest BCUT2D eigenvalue weighted by molar-refractivity contribution is 0.204. The number of aromatic nitrogens is 3. The van der Waals surface area contributed by atoms with Crippen LogP contribution in [0.5, 0.6) is 0 Å². The normalized spacial score (nSPS) is 20.1. The van der Waals surface area contributed by atoms with E-state index in [1.807, 2.05) is 4.68 Å². The Morgan fingerprint density at radius 2 is 1.76 bits per heavy atom. The Kier molecular flexibility index (Phi) is 6.17. The zero-order chi connectivity index (χ0) is 20.1. The Morgan fingerprint density at radius 1 is 1.03 bits per heavy atom. The molecule has 0 spiro atoms. The van der Waals surface area contributed by atoms with E-state index < -0.39 is 0 Å². The van der Waals surface area contributed by atoms with E-state index >= 15 is 0 Å². The third-order valence-electron chi connectivity index (χ3n) is 6.16. The SMILES string of the molecule is NC(=O)N1CCN(c2ccc(N3CCCC(CCCn4cncn4)C3)cc2)CC1. The van der Waals surface area contributed by atoms with Crippen molar-refractivity contribution in [3.63, 3.8) is 0 Å². The number of rotatable bonds is 6. The van der Waals surface area contributed by atoms with Crippen molar-refractivity contribution in [3.05, 3.63) is 36.9 Å². The van der Waals surface area contributed by atoms with Gasteiger partial charge in [-0.3, -0.25) is 4.68 Å². The number of nitrogens with zero attached hydrogens (tertiary/aromatic N) is 6. The van der Waals surface area contributed by atoms with Crippen LogP contribution in [0.2, 0.25) is 0 Å². The monoisotopic (exact) mass is 397 g/mol. The fourth-order valence-electron chi connectivity index (χ4n) is 4.48. The molecule has 0 aliphatic carbocycles. The Bertz CT molecular complexity index is 769. The summed E-state index contributed by atoms with van der Waals surface area (Å²) in [7, 11) is 0. The number of piperazine rings is 1. The summed E-state index contributed by atoms with van der Waals surface area (Å²) in [6.45, 7) is 6.27. The Labute approximate surface area is 172 Å². The number of aryl methyl sites for hydroxylation is 1. The summed E-state index contributed by atoms with van der Waals surface area (Å²) < 4.78 is 1.92. The molecular weight excluding hydrogens is 366 g/mol. The molecule has 3 heterocycles. The highest BCUT2D eigenvalue weighted by Crippen LogP contribution is 2.28. The van der Waals surface area contributed by atoms with E-state index in [2.05, 4.69) is 44.1 Å². The van der Waals surface area contributed by atoms with Crippen molar-refractivity contribution in [2.75, 3.05) is 49.1 Å². The van der Waals surface area contributed by atoms with Gasteiger partial charge in [-0.25, -0.2) is 9.78 Å². The summed E-state index contributed by atoms with van der Waals surface area (Å²) in [6.07, 6.45) is 8.35. The van der Waals surface area contributed by atoms with Crippen LogP contribution in [0.1, 0.15) is 25.7 Å². The second-order valence-electron chi connectivity index (χ2n) is 8.08. The van der Waals surface area contributed by atoms with E-state index in [-0.39, 0.29) is 6.03 Å². The number of urea groups is 1. The molecule has 1 aromatic heterocycles. The van der Waals surface area contributed by atoms with Gasteiger partial charge in [-0.2, -0.15) is 5.10 Å². The fourth-order valence-corrected chi connectivity index (χ4v) is 4.48. The van der Waals surface area contributed by atoms with E-state index in [4.69, 9.17) is 5.73 Å². The fraction of sp³-hybridized carbons (Fsp3) is 0.571. The molecule has 8 nitrogen and oxygen atoms in total. The molecule has 2 aliphatic rings. The highest BCUT2D eigenvalue weighted by molar-refractivity contribution is 5.72. The van der Waals surface area contributed by atoms with Gasteiger partial charge in [0.2, 0.25) is 0 Å². The molecule has 1 atom stereocenters. The van der Waals surface area contributed by atoms with Gasteiger partial charge in [0.25, 0.3) is 0 Å². The first kappa shape index (κ1) is 19.5. The molecule has 2 saturated heterocycles. The zero-order valence-corrected chi connectivity index (χ0v) is 17.0. The predicted molar refractivity (Wildman–Crippen MR) is 114 cm³/mol. The Balaban J connectivity index is 1.27. The van der Waals surface area contributed by atoms with Crippen LogP contribution < -0.4 is 15.5 Å². The first-order chi connectivity index (χ1) is 14.2. The molecule has 0 saturated carbocycles. The van der Waals surface area contributed by atoms with Gasteiger partial charge in [0, 0.05) is 57.2 Å². The summed E-state index contributed by atoms with van der Waals surface area (Å²) in [5.41, 5.74) is 7.91. The van der Waals surface area contributed by atoms with E-state index in [1.165, 1.54) is 30.6 Å². The number of amides is 2. The molecule has 156 valence electrons. The van der Waals surface area contributed by atoms with E-state index in [0.717, 1.165) is 45.1 Å². The first-order valence-corrected chi connectivity index (χ1v) is 10.7. The van der Waals surface area contributed by atoms with Crippen LogP contribution >= 0.6 is 0 Å². The number of piperidine rings is 1. The number of primary amides is 1. The third kappa shape index (κ3) is 4.99. The minimum absolute atomic E-state index is 0.319. The van der Waals surface area contributed by atoms with Crippen LogP contribution in [0.15, 0.2) is 36.9 Å². The lowest BCUT2D eigenvalue weighted by Gasteiger charge is -2.36. The molecule has 8 heteroatoms. The maximum atomic E-state index is 11.3. The second-order valence-corrected chi connectivity index (χ2v) is 8.08. The van der Waals surface area contributed by atoms with Crippen molar-refractivity contribution < 1.29 is 4.79 Å². The minimum Gasteiger partial charge on any atom is -0.371 e. The van der Waals surface area contributed by atoms with E-state index in [9.17, 15) is 4.79 Å². The van der Waals surface area contributed by atoms with Crippen molar-refractivity contribution in [2.45, 2.75) is 32.2 Å². The van der Waals surface area contributed by atoms with Crippen LogP contribution in [-0.4, -0.2) is 65.0 Å². The average Bonchev–Trinajstić information content (AvgIpc) is 3.28. The average molecular weight is 398 g/mol. The lowest BCUT2D eigenvalue weighted by Crippen LogP contribution is -2.50. The van der Waals surface area contributed by atoms with Gasteiger partial charge >= 0.3 is 6.03 Å². The quantitative estimate of drug-likeness (QED) is 0.808. The molecule has 2 amide bonds. The van der Waals surface area contributed by atoms with Gasteiger partial charge < -0.3 is 20.4 Å². The van der Waals surface area contributed by atoms with Gasteiger partial charge in [0.15, 0.2) is 0 Å². The number of nitrogens with two attached hydrogens (primary N) is 1. The van der Waals surface area contributed by atoms with Crippen molar-refractivity contribution >= 4 is 17.4 Å². The summed E-state index contributed by atoms with van der Waals surface area (Å²) >= 11 is 0. The lowest BCUT2D eigenvalue weighted by atomic mass is 9.93. The Hall–Kier alpha value is -2.77. The Morgan fingerprint density at radius 3 is 2.41 bits per heavy atom. The summed E-state index contributed by atoms with van der Waals surface area (Å²) in [5, 5.41) is 4.19. The number of benzene rings is 1. The summed E-state index contributed by atoms with van der Waals surface area (Å²) in [5.74, 6) is 0.744. The summed E-state index contributed by atoms with van der Waals surface area (Å²) in [4.78, 5) is 21.9. The van der Waals surface area contributed by atoms with Gasteiger partial charge in [-0.15, -0.1) is 0 Å². The topological polar surface area (TPSA) is 83.5 Å². The molecule has 0 radical (unpaired) electrons. The van der Waals surface area contributed by atoms with E-state index in [1.54, 1.807) is 17.6 Å². The summed E-state index contributed by atoms with van der Waals surface area (Å²) in [6, 6.07) is 8.59. The third-order valence-corrected chi connectivity index (χ3v) is 6.16. The predicted octanol–water partition coefficient (Wildman–Crippen LogP) is 2.18. The van der Waals surface area contributed by atoms with Crippen molar-refractivity contribution in [2.24, 2.45) is 11.7 Å². The van der Waals surface area contributed by atoms with Crippen LogP contribution in [0, 0.1) is 5.92 Å². The zero-order valence-electron chi connectivity index (χ0n) is 17.0. The van der Waals surface area contributed by atoms with Crippen LogP contribution in [0.25, 0.3) is 0 Å². The molecule has 2 fully saturated rings. The maximum Gasteiger partial charge on any atom is 0.314 e. The van der Waals surface area contributed by atoms with Gasteiger partial charge in [0.1, 0.15) is 12.7 Å². The second kappa shape index (κ2) is 9.15. The smallest absolute Gasteiger partial charge is 0.314 e. The highest BCUT2D eigenvalue weighted by atomic mass is 16.2. The standard InChI is InChI=1S/C21H31N7O/c22-21(29)26-13-11-25(12-14-26)19-5-7-20(8-6-19)27-9-1-3-18(15-27)4-2-10-28-17-23-16-24-28/h5-8,16-18H,1-4,9-15H2,(H2,22,29). The van der Waals surface area contributed by atoms with Gasteiger partial charge in [-0.1, -0.05) is 0 Å². The number of anilines is 2. The van der Waals surface area contributed by atoms with Crippen molar-refractivity contribution in [3.8, 4) is 0 Å². The number of carbonyl (C=O) groups is 1. The van der Waals surface area contributed by atoms with Crippen molar-refractivity contribution in [1.29, 1.82) is 0 Å². The van der Waals surface area contributed by atoms with Gasteiger partial charge in [0.05, 0.1) is 0 Å². The van der Waals surface area contributed by atoms with Crippen molar-refractivity contribution in [1.82, 2.24) is 19.7 Å². The molecule has 1 aromatic carbocycles. The molecule has 4 rings (SSSR count). The molecule has 2 aliphatic heterocycles. The highest BCUT2D eigenvalue weighted by Gasteiger charge is 2.22. The molecule has 2 aromatic rings. The largest absolute Gasteiger partial charge is 0.371 e. The van der Waals surface area contributed by atoms with E-state index in [0.29, 0.717) is 13.1 Å². The first-order valence-electron chi connectivity index (χ1n) is 10.7. The molecule has 1 unspecified atom stereocenters. The molecule has 29 heavy (non-hydrogen) atoms. The van der Waals surface area contributed by atoms with Crippen LogP contribution in [0.3, 0.4) is 0 Å². The van der Waals surface area contributed by atoms with Crippen LogP contribution in [-0.2, 0) is 6.54 Å². The van der Waals surface area contributed by atoms with Gasteiger partial charge in [-0.05, 0) is 55.9 Å². The minimum atomic E-state index is -0.319. The molecular formula is C21H31N7O. The molecule has 2 N–H and O–H groups in total. The maximum absolute atomic E-state index is 11.3. The number of hydrogen-bond acceptors (Lipinski definition) is 5.